The van der Waals surface area contributed by atoms with E-state index in [1.165, 1.54) is 20.3 Å². The normalized spacial score (nSPS) is 10.5. The maximum atomic E-state index is 11.6. The van der Waals surface area contributed by atoms with Gasteiger partial charge >= 0.3 is 5.97 Å². The van der Waals surface area contributed by atoms with Crippen LogP contribution >= 0.6 is 0 Å². The van der Waals surface area contributed by atoms with Gasteiger partial charge in [-0.25, -0.2) is 4.79 Å². The Labute approximate surface area is 122 Å². The summed E-state index contributed by atoms with van der Waals surface area (Å²) in [6.07, 6.45) is 1.42. The Bertz CT molecular complexity index is 610. The van der Waals surface area contributed by atoms with Crippen LogP contribution in [0.3, 0.4) is 0 Å². The van der Waals surface area contributed by atoms with E-state index in [9.17, 15) is 14.9 Å². The zero-order chi connectivity index (χ0) is 15.7. The molecule has 0 amide bonds. The van der Waals surface area contributed by atoms with E-state index in [1.807, 2.05) is 0 Å². The van der Waals surface area contributed by atoms with Gasteiger partial charge in [0.1, 0.15) is 12.2 Å². The van der Waals surface area contributed by atoms with Crippen molar-refractivity contribution in [3.05, 3.63) is 51.1 Å². The minimum absolute atomic E-state index is 0.0384. The molecule has 0 saturated carbocycles. The van der Waals surface area contributed by atoms with Gasteiger partial charge in [-0.1, -0.05) is 30.0 Å². The number of carbonyl (C=O) groups excluding carboxylic acids is 1. The summed E-state index contributed by atoms with van der Waals surface area (Å²) in [5.74, 6) is 4.96. The van der Waals surface area contributed by atoms with E-state index >= 15 is 0 Å². The highest BCUT2D eigenvalue weighted by atomic mass is 16.6. The molecule has 0 aliphatic carbocycles. The molecule has 1 rings (SSSR count). The predicted octanol–water partition coefficient (Wildman–Crippen LogP) is 1.52. The van der Waals surface area contributed by atoms with Gasteiger partial charge in [0.05, 0.1) is 7.11 Å². The highest BCUT2D eigenvalue weighted by Gasteiger charge is 2.16. The van der Waals surface area contributed by atoms with Gasteiger partial charge in [0.2, 0.25) is 6.54 Å². The van der Waals surface area contributed by atoms with Crippen LogP contribution in [-0.2, 0) is 14.3 Å². The largest absolute Gasteiger partial charge is 0.465 e. The van der Waals surface area contributed by atoms with Crippen LogP contribution in [0.2, 0.25) is 0 Å². The van der Waals surface area contributed by atoms with E-state index in [0.717, 1.165) is 0 Å². The average Bonchev–Trinajstić information content (AvgIpc) is 2.47. The number of methoxy groups -OCH3 is 2. The molecule has 0 heterocycles. The highest BCUT2D eigenvalue weighted by molar-refractivity contribution is 5.94. The van der Waals surface area contributed by atoms with Crippen LogP contribution in [0.25, 0.3) is 6.08 Å². The molecule has 0 unspecified atom stereocenters. The molecule has 0 aliphatic heterocycles. The molecule has 0 aliphatic rings. The van der Waals surface area contributed by atoms with Crippen molar-refractivity contribution >= 4 is 12.0 Å². The number of esters is 1. The average molecular weight is 289 g/mol. The fraction of sp³-hybridized carbons (Fsp3) is 0.267. The molecule has 0 aromatic heterocycles. The van der Waals surface area contributed by atoms with E-state index in [4.69, 9.17) is 4.74 Å². The molecule has 21 heavy (non-hydrogen) atoms. The summed E-state index contributed by atoms with van der Waals surface area (Å²) < 4.78 is 9.40. The third-order valence-corrected chi connectivity index (χ3v) is 2.48. The molecule has 0 bridgehead atoms. The minimum Gasteiger partial charge on any atom is -0.465 e. The Hall–Kier alpha value is -2.65. The highest BCUT2D eigenvalue weighted by Crippen LogP contribution is 2.13. The zero-order valence-corrected chi connectivity index (χ0v) is 11.8. The minimum atomic E-state index is -0.730. The molecule has 0 N–H and O–H groups in total. The molecule has 0 fully saturated rings. The lowest BCUT2D eigenvalue weighted by molar-refractivity contribution is -0.470. The summed E-state index contributed by atoms with van der Waals surface area (Å²) in [5.41, 5.74) is 1.23. The monoisotopic (exact) mass is 289 g/mol. The van der Waals surface area contributed by atoms with Crippen LogP contribution in [0.15, 0.2) is 29.8 Å². The summed E-state index contributed by atoms with van der Waals surface area (Å²) in [5, 5.41) is 10.6. The lowest BCUT2D eigenvalue weighted by Crippen LogP contribution is -2.14. The Morgan fingerprint density at radius 3 is 2.71 bits per heavy atom. The first-order chi connectivity index (χ1) is 10.1. The summed E-state index contributed by atoms with van der Waals surface area (Å²) >= 11 is 0. The van der Waals surface area contributed by atoms with Crippen molar-refractivity contribution in [1.82, 2.24) is 0 Å². The van der Waals surface area contributed by atoms with Gasteiger partial charge in [0, 0.05) is 17.6 Å². The van der Waals surface area contributed by atoms with E-state index < -0.39 is 17.4 Å². The molecule has 0 spiro atoms. The van der Waals surface area contributed by atoms with Crippen LogP contribution in [-0.4, -0.2) is 38.3 Å². The number of hydrogen-bond donors (Lipinski definition) is 0. The molecule has 6 heteroatoms. The Balaban J connectivity index is 3.18. The van der Waals surface area contributed by atoms with Gasteiger partial charge in [-0.15, -0.1) is 0 Å². The lowest BCUT2D eigenvalue weighted by atomic mass is 10.0. The number of nitro groups is 1. The molecule has 6 nitrogen and oxygen atoms in total. The number of benzene rings is 1. The standard InChI is InChI=1S/C15H15NO5/c1-20-9-5-8-12-6-3-4-7-13(12)10-14(11-16(18)19)15(17)21-2/h3-4,6-7,10H,9,11H2,1-2H3/b14-10+. The molecule has 1 aromatic carbocycles. The van der Waals surface area contributed by atoms with Crippen molar-refractivity contribution < 1.29 is 19.2 Å². The number of ether oxygens (including phenoxy) is 2. The SMILES string of the molecule is COCC#Cc1ccccc1/C=C(\C[N+](=O)[O-])C(=O)OC. The topological polar surface area (TPSA) is 78.7 Å². The summed E-state index contributed by atoms with van der Waals surface area (Å²) in [4.78, 5) is 21.6. The Kier molecular flexibility index (Phi) is 6.65. The third kappa shape index (κ3) is 5.47. The third-order valence-electron chi connectivity index (χ3n) is 2.48. The molecular weight excluding hydrogens is 274 g/mol. The first kappa shape index (κ1) is 16.4. The smallest absolute Gasteiger partial charge is 0.340 e. The second kappa shape index (κ2) is 8.51. The number of rotatable bonds is 5. The maximum absolute atomic E-state index is 11.6. The molecule has 0 atom stereocenters. The first-order valence-electron chi connectivity index (χ1n) is 6.06. The van der Waals surface area contributed by atoms with Gasteiger partial charge in [-0.05, 0) is 17.7 Å². The van der Waals surface area contributed by atoms with Gasteiger partial charge in [0.25, 0.3) is 0 Å². The number of carbonyl (C=O) groups is 1. The number of nitrogens with zero attached hydrogens (tertiary/aromatic N) is 1. The van der Waals surface area contributed by atoms with Crippen molar-refractivity contribution in [3.63, 3.8) is 0 Å². The van der Waals surface area contributed by atoms with E-state index in [2.05, 4.69) is 16.6 Å². The van der Waals surface area contributed by atoms with E-state index in [-0.39, 0.29) is 12.2 Å². The van der Waals surface area contributed by atoms with Crippen LogP contribution in [0, 0.1) is 22.0 Å². The van der Waals surface area contributed by atoms with Crippen molar-refractivity contribution in [1.29, 1.82) is 0 Å². The fourth-order valence-electron chi connectivity index (χ4n) is 1.57. The molecule has 0 saturated heterocycles. The molecule has 110 valence electrons. The zero-order valence-electron chi connectivity index (χ0n) is 11.8. The molecule has 1 aromatic rings. The summed E-state index contributed by atoms with van der Waals surface area (Å²) in [6, 6.07) is 7.03. The lowest BCUT2D eigenvalue weighted by Gasteiger charge is -2.03. The Morgan fingerprint density at radius 2 is 2.10 bits per heavy atom. The van der Waals surface area contributed by atoms with Crippen molar-refractivity contribution in [2.24, 2.45) is 0 Å². The summed E-state index contributed by atoms with van der Waals surface area (Å²) in [6.45, 7) is -0.330. The van der Waals surface area contributed by atoms with Crippen molar-refractivity contribution in [2.75, 3.05) is 27.4 Å². The second-order valence-corrected chi connectivity index (χ2v) is 3.97. The summed E-state index contributed by atoms with van der Waals surface area (Å²) in [7, 11) is 2.72. The Morgan fingerprint density at radius 1 is 1.38 bits per heavy atom. The van der Waals surface area contributed by atoms with Crippen molar-refractivity contribution in [3.8, 4) is 11.8 Å². The van der Waals surface area contributed by atoms with Crippen LogP contribution in [0.4, 0.5) is 0 Å². The van der Waals surface area contributed by atoms with Gasteiger partial charge in [0.15, 0.2) is 0 Å². The van der Waals surface area contributed by atoms with E-state index in [1.54, 1.807) is 24.3 Å². The van der Waals surface area contributed by atoms with Crippen molar-refractivity contribution in [2.45, 2.75) is 0 Å². The van der Waals surface area contributed by atoms with Gasteiger partial charge in [-0.3, -0.25) is 10.1 Å². The van der Waals surface area contributed by atoms with E-state index in [0.29, 0.717) is 11.1 Å². The first-order valence-corrected chi connectivity index (χ1v) is 6.06. The van der Waals surface area contributed by atoms with Gasteiger partial charge < -0.3 is 9.47 Å². The van der Waals surface area contributed by atoms with Crippen LogP contribution < -0.4 is 0 Å². The van der Waals surface area contributed by atoms with Crippen LogP contribution in [0.1, 0.15) is 11.1 Å². The predicted molar refractivity (Wildman–Crippen MR) is 77.1 cm³/mol. The molecule has 0 radical (unpaired) electrons. The van der Waals surface area contributed by atoms with Gasteiger partial charge in [-0.2, -0.15) is 0 Å². The fourth-order valence-corrected chi connectivity index (χ4v) is 1.57. The quantitative estimate of drug-likeness (QED) is 0.270. The second-order valence-electron chi connectivity index (χ2n) is 3.97. The number of hydrogen-bond acceptors (Lipinski definition) is 5. The molecular formula is C15H15NO5. The van der Waals surface area contributed by atoms with Crippen LogP contribution in [0.5, 0.6) is 0 Å². The maximum Gasteiger partial charge on any atom is 0.340 e.